The molecule has 1 N–H and O–H groups in total. The van der Waals surface area contributed by atoms with Gasteiger partial charge in [0.15, 0.2) is 0 Å². The normalized spacial score (nSPS) is 17.0. The average molecular weight is 478 g/mol. The van der Waals surface area contributed by atoms with Crippen LogP contribution < -0.4 is 0 Å². The molecule has 18 heteroatoms. The number of hydrogen-bond donors (Lipinski definition) is 1. The van der Waals surface area contributed by atoms with E-state index in [-0.39, 0.29) is 0 Å². The summed E-state index contributed by atoms with van der Waals surface area (Å²) in [6, 6.07) is 0. The zero-order chi connectivity index (χ0) is 24.5. The van der Waals surface area contributed by atoms with Crippen molar-refractivity contribution in [2.45, 2.75) is 67.1 Å². The van der Waals surface area contributed by atoms with Crippen molar-refractivity contribution in [1.82, 2.24) is 0 Å². The first kappa shape index (κ1) is 27.8. The lowest BCUT2D eigenvalue weighted by molar-refractivity contribution is -0.466. The number of hydrogen-bond acceptors (Lipinski definition) is 1. The predicted molar refractivity (Wildman–Crippen MR) is 57.0 cm³/mol. The maximum atomic E-state index is 13.3. The summed E-state index contributed by atoms with van der Waals surface area (Å²) in [5, 5.41) is 8.70. The smallest absolute Gasteiger partial charge is 0.384 e. The number of aliphatic hydroxyl groups is 1. The van der Waals surface area contributed by atoms with Crippen LogP contribution in [0.5, 0.6) is 0 Å². The molecule has 0 saturated heterocycles. The van der Waals surface area contributed by atoms with Gasteiger partial charge in [0.25, 0.3) is 0 Å². The molecule has 0 aromatic rings. The van der Waals surface area contributed by atoms with Gasteiger partial charge in [-0.05, 0) is 13.8 Å². The molecule has 0 saturated carbocycles. The fraction of sp³-hybridized carbons (Fsp3) is 1.00. The van der Waals surface area contributed by atoms with Crippen LogP contribution in [-0.4, -0.2) is 58.3 Å². The molecule has 176 valence electrons. The summed E-state index contributed by atoms with van der Waals surface area (Å²) in [6.07, 6.45) is -7.79. The van der Waals surface area contributed by atoms with Gasteiger partial charge in [0.05, 0.1) is 0 Å². The Bertz CT molecular complexity index is 556. The van der Waals surface area contributed by atoms with Gasteiger partial charge in [-0.3, -0.25) is 0 Å². The van der Waals surface area contributed by atoms with Gasteiger partial charge < -0.3 is 5.11 Å². The molecular formula is C11H7F17O. The van der Waals surface area contributed by atoms with Crippen molar-refractivity contribution in [3.8, 4) is 0 Å². The van der Waals surface area contributed by atoms with Crippen LogP contribution in [0.2, 0.25) is 0 Å². The van der Waals surface area contributed by atoms with Crippen LogP contribution in [0.25, 0.3) is 0 Å². The standard InChI is InChI=1S/C11H7F17O/c1-3(2,29)4(12,13)5(14,15)6(16,17)7(18,19)8(20,21)9(22,23)10(24,25)11(26,27)28/h29H,1-2H3. The van der Waals surface area contributed by atoms with Gasteiger partial charge in [-0.1, -0.05) is 0 Å². The maximum Gasteiger partial charge on any atom is 0.460 e. The average Bonchev–Trinajstić information content (AvgIpc) is 2.43. The van der Waals surface area contributed by atoms with Crippen molar-refractivity contribution < 1.29 is 79.7 Å². The Morgan fingerprint density at radius 3 is 0.690 bits per heavy atom. The second-order valence-electron chi connectivity index (χ2n) is 6.08. The highest BCUT2D eigenvalue weighted by Crippen LogP contribution is 2.64. The minimum absolute atomic E-state index is 0.445. The summed E-state index contributed by atoms with van der Waals surface area (Å²) in [5.74, 6) is -57.1. The molecule has 0 unspecified atom stereocenters. The van der Waals surface area contributed by atoms with Crippen LogP contribution in [0, 0.1) is 0 Å². The molecule has 0 fully saturated rings. The SMILES string of the molecule is CC(C)(O)C(F)(F)C(F)(F)C(F)(F)C(F)(F)C(F)(F)C(F)(F)C(F)(F)C(F)(F)F. The van der Waals surface area contributed by atoms with Gasteiger partial charge >= 0.3 is 47.6 Å². The molecule has 0 atom stereocenters. The third-order valence-corrected chi connectivity index (χ3v) is 3.49. The largest absolute Gasteiger partial charge is 0.460 e. The lowest BCUT2D eigenvalue weighted by Gasteiger charge is -2.44. The summed E-state index contributed by atoms with van der Waals surface area (Å²) in [7, 11) is 0. The van der Waals surface area contributed by atoms with Crippen molar-refractivity contribution in [2.75, 3.05) is 0 Å². The third-order valence-electron chi connectivity index (χ3n) is 3.49. The molecule has 0 aliphatic heterocycles. The fourth-order valence-corrected chi connectivity index (χ4v) is 1.55. The van der Waals surface area contributed by atoms with Crippen molar-refractivity contribution in [3.63, 3.8) is 0 Å². The minimum atomic E-state index is -8.67. The molecule has 0 rings (SSSR count). The van der Waals surface area contributed by atoms with E-state index in [2.05, 4.69) is 0 Å². The molecular weight excluding hydrogens is 471 g/mol. The van der Waals surface area contributed by atoms with Crippen molar-refractivity contribution >= 4 is 0 Å². The molecule has 0 aromatic heterocycles. The van der Waals surface area contributed by atoms with Crippen LogP contribution in [-0.2, 0) is 0 Å². The van der Waals surface area contributed by atoms with E-state index in [4.69, 9.17) is 5.11 Å². The van der Waals surface area contributed by atoms with Crippen LogP contribution in [0.4, 0.5) is 74.6 Å². The van der Waals surface area contributed by atoms with E-state index < -0.39 is 67.1 Å². The number of rotatable bonds is 7. The first-order valence-electron chi connectivity index (χ1n) is 6.44. The van der Waals surface area contributed by atoms with E-state index in [1.54, 1.807) is 0 Å². The van der Waals surface area contributed by atoms with Crippen molar-refractivity contribution in [2.24, 2.45) is 0 Å². The van der Waals surface area contributed by atoms with Crippen LogP contribution in [0.3, 0.4) is 0 Å². The molecule has 0 radical (unpaired) electrons. The minimum Gasteiger partial charge on any atom is -0.384 e. The molecule has 29 heavy (non-hydrogen) atoms. The van der Waals surface area contributed by atoms with Gasteiger partial charge in [-0.15, -0.1) is 0 Å². The maximum absolute atomic E-state index is 13.3. The molecule has 0 aliphatic rings. The van der Waals surface area contributed by atoms with E-state index in [1.165, 1.54) is 0 Å². The Labute approximate surface area is 148 Å². The number of alkyl halides is 17. The van der Waals surface area contributed by atoms with Gasteiger partial charge in [-0.25, -0.2) is 0 Å². The molecule has 0 heterocycles. The van der Waals surface area contributed by atoms with E-state index in [1.807, 2.05) is 0 Å². The monoisotopic (exact) mass is 478 g/mol. The Kier molecular flexibility index (Phi) is 6.11. The lowest BCUT2D eigenvalue weighted by Crippen LogP contribution is -2.76. The summed E-state index contributed by atoms with van der Waals surface area (Å²) < 4.78 is 219. The lowest BCUT2D eigenvalue weighted by atomic mass is 9.84. The molecule has 0 aromatic carbocycles. The van der Waals surface area contributed by atoms with Gasteiger partial charge in [0.2, 0.25) is 0 Å². The van der Waals surface area contributed by atoms with E-state index in [0.29, 0.717) is 0 Å². The highest BCUT2D eigenvalue weighted by Gasteiger charge is 2.95. The summed E-state index contributed by atoms with van der Waals surface area (Å²) in [4.78, 5) is 0. The summed E-state index contributed by atoms with van der Waals surface area (Å²) in [5.41, 5.74) is -4.43. The second-order valence-corrected chi connectivity index (χ2v) is 6.08. The van der Waals surface area contributed by atoms with Crippen LogP contribution in [0.15, 0.2) is 0 Å². The van der Waals surface area contributed by atoms with Crippen molar-refractivity contribution in [1.29, 1.82) is 0 Å². The molecule has 0 aliphatic carbocycles. The van der Waals surface area contributed by atoms with E-state index in [0.717, 1.165) is 0 Å². The van der Waals surface area contributed by atoms with Gasteiger partial charge in [-0.2, -0.15) is 74.6 Å². The van der Waals surface area contributed by atoms with E-state index in [9.17, 15) is 74.6 Å². The predicted octanol–water partition coefficient (Wildman–Crippen LogP) is 5.77. The van der Waals surface area contributed by atoms with Gasteiger partial charge in [0.1, 0.15) is 5.60 Å². The zero-order valence-electron chi connectivity index (χ0n) is 13.4. The molecule has 0 amide bonds. The Morgan fingerprint density at radius 1 is 0.345 bits per heavy atom. The highest BCUT2D eigenvalue weighted by molar-refractivity contribution is 5.16. The molecule has 0 bridgehead atoms. The number of halogens is 17. The topological polar surface area (TPSA) is 20.2 Å². The Morgan fingerprint density at radius 2 is 0.517 bits per heavy atom. The third kappa shape index (κ3) is 3.28. The zero-order valence-corrected chi connectivity index (χ0v) is 13.4. The quantitative estimate of drug-likeness (QED) is 0.461. The summed E-state index contributed by atoms with van der Waals surface area (Å²) in [6.45, 7) is -0.890. The van der Waals surface area contributed by atoms with Crippen LogP contribution in [0.1, 0.15) is 13.8 Å². The second kappa shape index (κ2) is 6.38. The van der Waals surface area contributed by atoms with Gasteiger partial charge in [0, 0.05) is 0 Å². The van der Waals surface area contributed by atoms with Crippen LogP contribution >= 0.6 is 0 Å². The molecule has 1 nitrogen and oxygen atoms in total. The fourth-order valence-electron chi connectivity index (χ4n) is 1.55. The molecule has 0 spiro atoms. The first-order chi connectivity index (χ1) is 12.0. The highest BCUT2D eigenvalue weighted by atomic mass is 19.4. The van der Waals surface area contributed by atoms with Crippen molar-refractivity contribution in [3.05, 3.63) is 0 Å². The summed E-state index contributed by atoms with van der Waals surface area (Å²) >= 11 is 0. The Hall–Kier alpha value is -1.23. The first-order valence-corrected chi connectivity index (χ1v) is 6.44. The Balaban J connectivity index is 6.82. The van der Waals surface area contributed by atoms with E-state index >= 15 is 0 Å².